The Balaban J connectivity index is 1.54. The maximum Gasteiger partial charge on any atom is 0.407 e. The molecule has 2 aromatic rings. The van der Waals surface area contributed by atoms with Crippen molar-refractivity contribution >= 4 is 18.0 Å². The summed E-state index contributed by atoms with van der Waals surface area (Å²) < 4.78 is 5.43. The Labute approximate surface area is 180 Å². The molecule has 8 heteroatoms. The molecule has 0 spiro atoms. The predicted octanol–water partition coefficient (Wildman–Crippen LogP) is 2.25. The van der Waals surface area contributed by atoms with Crippen LogP contribution in [0.2, 0.25) is 0 Å². The zero-order chi connectivity index (χ0) is 22.5. The maximum absolute atomic E-state index is 12.3. The number of rotatable bonds is 8. The van der Waals surface area contributed by atoms with Crippen molar-refractivity contribution in [2.75, 3.05) is 6.61 Å². The van der Waals surface area contributed by atoms with Crippen molar-refractivity contribution in [3.8, 4) is 11.1 Å². The SMILES string of the molecule is CC(CC(=O)N[C@H](C(=O)O)[C@@H](C)O)NC(=O)OCC1c2ccccc2-c2ccccc21. The van der Waals surface area contributed by atoms with E-state index in [1.807, 2.05) is 48.5 Å². The fourth-order valence-corrected chi connectivity index (χ4v) is 3.79. The molecule has 1 unspecified atom stereocenters. The number of carbonyl (C=O) groups excluding carboxylic acids is 2. The zero-order valence-electron chi connectivity index (χ0n) is 17.4. The Hall–Kier alpha value is -3.39. The van der Waals surface area contributed by atoms with Crippen LogP contribution in [0, 0.1) is 0 Å². The van der Waals surface area contributed by atoms with E-state index in [1.54, 1.807) is 6.92 Å². The first-order valence-electron chi connectivity index (χ1n) is 10.1. The predicted molar refractivity (Wildman–Crippen MR) is 114 cm³/mol. The summed E-state index contributed by atoms with van der Waals surface area (Å²) in [4.78, 5) is 35.3. The lowest BCUT2D eigenvalue weighted by atomic mass is 9.98. The number of benzene rings is 2. The minimum absolute atomic E-state index is 0.0703. The van der Waals surface area contributed by atoms with Gasteiger partial charge in [-0.1, -0.05) is 48.5 Å². The van der Waals surface area contributed by atoms with E-state index in [-0.39, 0.29) is 18.9 Å². The molecule has 1 aliphatic rings. The van der Waals surface area contributed by atoms with Crippen LogP contribution >= 0.6 is 0 Å². The highest BCUT2D eigenvalue weighted by Crippen LogP contribution is 2.44. The molecule has 0 radical (unpaired) electrons. The third-order valence-corrected chi connectivity index (χ3v) is 5.26. The van der Waals surface area contributed by atoms with Crippen molar-refractivity contribution in [2.45, 2.75) is 44.4 Å². The van der Waals surface area contributed by atoms with Gasteiger partial charge in [-0.2, -0.15) is 0 Å². The molecular formula is C23H26N2O6. The Morgan fingerprint density at radius 2 is 1.52 bits per heavy atom. The summed E-state index contributed by atoms with van der Waals surface area (Å²) in [5.74, 6) is -2.00. The molecule has 2 amide bonds. The molecule has 0 saturated heterocycles. The van der Waals surface area contributed by atoms with E-state index in [2.05, 4.69) is 10.6 Å². The first-order valence-corrected chi connectivity index (χ1v) is 10.1. The van der Waals surface area contributed by atoms with E-state index in [4.69, 9.17) is 9.84 Å². The third kappa shape index (κ3) is 5.21. The number of carboxylic acid groups (broad SMARTS) is 1. The Kier molecular flexibility index (Phi) is 6.91. The number of carboxylic acids is 1. The van der Waals surface area contributed by atoms with Crippen LogP contribution in [0.15, 0.2) is 48.5 Å². The van der Waals surface area contributed by atoms with Gasteiger partial charge in [0.2, 0.25) is 5.91 Å². The average molecular weight is 426 g/mol. The van der Waals surface area contributed by atoms with Gasteiger partial charge in [-0.05, 0) is 36.1 Å². The minimum Gasteiger partial charge on any atom is -0.480 e. The first kappa shape index (κ1) is 22.3. The number of aliphatic hydroxyl groups excluding tert-OH is 1. The number of alkyl carbamates (subject to hydrolysis) is 1. The summed E-state index contributed by atoms with van der Waals surface area (Å²) >= 11 is 0. The van der Waals surface area contributed by atoms with E-state index in [9.17, 15) is 19.5 Å². The van der Waals surface area contributed by atoms with Gasteiger partial charge < -0.3 is 25.6 Å². The fraction of sp³-hybridized carbons (Fsp3) is 0.348. The van der Waals surface area contributed by atoms with Gasteiger partial charge in [0.15, 0.2) is 6.04 Å². The number of amides is 2. The van der Waals surface area contributed by atoms with Crippen LogP contribution in [0.25, 0.3) is 11.1 Å². The molecular weight excluding hydrogens is 400 g/mol. The van der Waals surface area contributed by atoms with Gasteiger partial charge in [-0.15, -0.1) is 0 Å². The van der Waals surface area contributed by atoms with Gasteiger partial charge >= 0.3 is 12.1 Å². The van der Waals surface area contributed by atoms with Gasteiger partial charge in [-0.3, -0.25) is 4.79 Å². The molecule has 0 fully saturated rings. The number of aliphatic carboxylic acids is 1. The van der Waals surface area contributed by atoms with Crippen LogP contribution < -0.4 is 10.6 Å². The summed E-state index contributed by atoms with van der Waals surface area (Å²) in [5, 5.41) is 23.3. The van der Waals surface area contributed by atoms with Gasteiger partial charge in [0.25, 0.3) is 0 Å². The Morgan fingerprint density at radius 3 is 2.03 bits per heavy atom. The minimum atomic E-state index is -1.41. The number of nitrogens with one attached hydrogen (secondary N) is 2. The van der Waals surface area contributed by atoms with Crippen molar-refractivity contribution in [1.29, 1.82) is 0 Å². The van der Waals surface area contributed by atoms with Crippen LogP contribution in [-0.2, 0) is 14.3 Å². The van der Waals surface area contributed by atoms with E-state index < -0.39 is 36.2 Å². The highest BCUT2D eigenvalue weighted by molar-refractivity contribution is 5.84. The maximum atomic E-state index is 12.3. The molecule has 8 nitrogen and oxygen atoms in total. The number of aliphatic hydroxyl groups is 1. The second-order valence-electron chi connectivity index (χ2n) is 7.70. The number of carbonyl (C=O) groups is 3. The molecule has 0 saturated carbocycles. The van der Waals surface area contributed by atoms with E-state index >= 15 is 0 Å². The third-order valence-electron chi connectivity index (χ3n) is 5.26. The van der Waals surface area contributed by atoms with Crippen LogP contribution in [0.1, 0.15) is 37.3 Å². The monoisotopic (exact) mass is 426 g/mol. The van der Waals surface area contributed by atoms with E-state index in [0.717, 1.165) is 22.3 Å². The van der Waals surface area contributed by atoms with Crippen molar-refractivity contribution in [1.82, 2.24) is 10.6 Å². The van der Waals surface area contributed by atoms with Crippen LogP contribution in [0.5, 0.6) is 0 Å². The second kappa shape index (κ2) is 9.61. The van der Waals surface area contributed by atoms with Gasteiger partial charge in [0.05, 0.1) is 6.10 Å². The topological polar surface area (TPSA) is 125 Å². The van der Waals surface area contributed by atoms with E-state index in [1.165, 1.54) is 6.92 Å². The highest BCUT2D eigenvalue weighted by atomic mass is 16.5. The lowest BCUT2D eigenvalue weighted by molar-refractivity contribution is -0.144. The molecule has 2 aromatic carbocycles. The van der Waals surface area contributed by atoms with Crippen molar-refractivity contribution in [3.05, 3.63) is 59.7 Å². The fourth-order valence-electron chi connectivity index (χ4n) is 3.79. The molecule has 0 heterocycles. The number of hydrogen-bond donors (Lipinski definition) is 4. The largest absolute Gasteiger partial charge is 0.480 e. The van der Waals surface area contributed by atoms with Crippen LogP contribution in [0.3, 0.4) is 0 Å². The Bertz CT molecular complexity index is 929. The number of hydrogen-bond acceptors (Lipinski definition) is 5. The van der Waals surface area contributed by atoms with Gasteiger partial charge in [-0.25, -0.2) is 9.59 Å². The van der Waals surface area contributed by atoms with Crippen molar-refractivity contribution < 1.29 is 29.3 Å². The van der Waals surface area contributed by atoms with Crippen molar-refractivity contribution in [3.63, 3.8) is 0 Å². The standard InChI is InChI=1S/C23H26N2O6/c1-13(11-20(27)25-21(14(2)26)22(28)29)24-23(30)31-12-19-17-9-5-3-7-15(17)16-8-4-6-10-18(16)19/h3-10,13-14,19,21,26H,11-12H2,1-2H3,(H,24,30)(H,25,27)(H,28,29)/t13?,14-,21+/m1/s1. The second-order valence-corrected chi connectivity index (χ2v) is 7.70. The van der Waals surface area contributed by atoms with Gasteiger partial charge in [0, 0.05) is 18.4 Å². The van der Waals surface area contributed by atoms with Crippen molar-refractivity contribution in [2.24, 2.45) is 0 Å². The molecule has 1 aliphatic carbocycles. The Morgan fingerprint density at radius 1 is 0.968 bits per heavy atom. The molecule has 0 bridgehead atoms. The normalized spacial score (nSPS) is 15.2. The van der Waals surface area contributed by atoms with Crippen LogP contribution in [0.4, 0.5) is 4.79 Å². The quantitative estimate of drug-likeness (QED) is 0.513. The van der Waals surface area contributed by atoms with Crippen LogP contribution in [-0.4, -0.2) is 53.0 Å². The molecule has 3 rings (SSSR count). The molecule has 3 atom stereocenters. The number of fused-ring (bicyclic) bond motifs is 3. The summed E-state index contributed by atoms with van der Waals surface area (Å²) in [6.07, 6.45) is -2.06. The number of ether oxygens (including phenoxy) is 1. The first-order chi connectivity index (χ1) is 14.8. The highest BCUT2D eigenvalue weighted by Gasteiger charge is 2.29. The molecule has 0 aliphatic heterocycles. The summed E-state index contributed by atoms with van der Waals surface area (Å²) in [7, 11) is 0. The molecule has 31 heavy (non-hydrogen) atoms. The molecule has 4 N–H and O–H groups in total. The molecule has 164 valence electrons. The van der Waals surface area contributed by atoms with Gasteiger partial charge in [0.1, 0.15) is 6.61 Å². The lowest BCUT2D eigenvalue weighted by Gasteiger charge is -2.19. The lowest BCUT2D eigenvalue weighted by Crippen LogP contribution is -2.49. The summed E-state index contributed by atoms with van der Waals surface area (Å²) in [5.41, 5.74) is 4.45. The summed E-state index contributed by atoms with van der Waals surface area (Å²) in [6.45, 7) is 3.04. The molecule has 0 aromatic heterocycles. The summed E-state index contributed by atoms with van der Waals surface area (Å²) in [6, 6.07) is 14.0. The van der Waals surface area contributed by atoms with E-state index in [0.29, 0.717) is 0 Å². The zero-order valence-corrected chi connectivity index (χ0v) is 17.4. The smallest absolute Gasteiger partial charge is 0.407 e. The average Bonchev–Trinajstić information content (AvgIpc) is 3.04.